The molecule has 4 aliphatic rings. The maximum Gasteiger partial charge on any atom is 0.307 e. The Morgan fingerprint density at radius 1 is 1.22 bits per heavy atom. The monoisotopic (exact) mass is 519 g/mol. The molecule has 8 nitrogen and oxygen atoms in total. The fourth-order valence-corrected chi connectivity index (χ4v) is 6.59. The van der Waals surface area contributed by atoms with E-state index in [-0.39, 0.29) is 35.8 Å². The molecule has 0 saturated heterocycles. The largest absolute Gasteiger partial charge is 0.485 e. The number of fused-ring (bicyclic) bond motifs is 7. The molecule has 2 atom stereocenters. The van der Waals surface area contributed by atoms with Crippen LogP contribution in [-0.2, 0) is 34.6 Å². The second kappa shape index (κ2) is 8.16. The highest BCUT2D eigenvalue weighted by Gasteiger charge is 2.51. The second-order valence-corrected chi connectivity index (χ2v) is 11.2. The van der Waals surface area contributed by atoms with Crippen molar-refractivity contribution in [2.75, 3.05) is 18.1 Å². The molecule has 2 aromatic rings. The SMILES string of the molecule is CCOC(=O)CC1(C)C2=C3C=C4C=CC(=O)C=C4OC3CCN2c2ccc3cc(S(=O)(=O)O)ccc3c21. The fourth-order valence-electron chi connectivity index (χ4n) is 6.07. The van der Waals surface area contributed by atoms with E-state index in [1.807, 2.05) is 25.1 Å². The van der Waals surface area contributed by atoms with E-state index in [9.17, 15) is 22.6 Å². The van der Waals surface area contributed by atoms with Crippen LogP contribution >= 0.6 is 0 Å². The van der Waals surface area contributed by atoms with Crippen LogP contribution in [0.5, 0.6) is 0 Å². The zero-order chi connectivity index (χ0) is 26.1. The van der Waals surface area contributed by atoms with Crippen molar-refractivity contribution in [2.45, 2.75) is 43.1 Å². The second-order valence-electron chi connectivity index (χ2n) is 9.83. The minimum absolute atomic E-state index is 0.0786. The summed E-state index contributed by atoms with van der Waals surface area (Å²) in [7, 11) is -4.37. The third-order valence-electron chi connectivity index (χ3n) is 7.51. The van der Waals surface area contributed by atoms with E-state index in [1.165, 1.54) is 24.3 Å². The average Bonchev–Trinajstić information content (AvgIpc) is 3.10. The van der Waals surface area contributed by atoms with E-state index in [0.29, 0.717) is 24.1 Å². The summed E-state index contributed by atoms with van der Waals surface area (Å²) in [5, 5.41) is 1.44. The van der Waals surface area contributed by atoms with Gasteiger partial charge in [-0.3, -0.25) is 14.1 Å². The van der Waals surface area contributed by atoms with E-state index in [2.05, 4.69) is 4.90 Å². The predicted molar refractivity (Wildman–Crippen MR) is 137 cm³/mol. The van der Waals surface area contributed by atoms with Crippen LogP contribution in [0.2, 0.25) is 0 Å². The van der Waals surface area contributed by atoms with Crippen LogP contribution < -0.4 is 4.90 Å². The van der Waals surface area contributed by atoms with Gasteiger partial charge in [-0.05, 0) is 66.6 Å². The lowest BCUT2D eigenvalue weighted by molar-refractivity contribution is -0.144. The third kappa shape index (κ3) is 3.64. The summed E-state index contributed by atoms with van der Waals surface area (Å²) in [5.41, 5.74) is 3.73. The Bertz CT molecular complexity index is 1630. The topological polar surface area (TPSA) is 110 Å². The summed E-state index contributed by atoms with van der Waals surface area (Å²) < 4.78 is 44.8. The molecule has 0 bridgehead atoms. The number of allylic oxidation sites excluding steroid dienone is 4. The number of ether oxygens (including phenoxy) is 2. The van der Waals surface area contributed by atoms with Crippen LogP contribution in [0.15, 0.2) is 82.1 Å². The maximum atomic E-state index is 13.0. The molecule has 37 heavy (non-hydrogen) atoms. The standard InChI is InChI=1S/C28H25NO7S/c1-3-35-25(31)15-28(2)26-20-8-7-19(37(32,33)34)12-16(20)5-9-22(26)29-11-10-23-21(27(28)29)13-17-4-6-18(30)14-24(17)36-23/h4-9,12-14,23H,3,10-11,15H2,1-2H3,(H,32,33,34). The van der Waals surface area contributed by atoms with Crippen LogP contribution in [0.4, 0.5) is 5.69 Å². The van der Waals surface area contributed by atoms with E-state index in [1.54, 1.807) is 19.1 Å². The maximum absolute atomic E-state index is 13.0. The molecular formula is C28H25NO7S. The Balaban J connectivity index is 1.61. The molecule has 0 amide bonds. The van der Waals surface area contributed by atoms with Gasteiger partial charge in [-0.25, -0.2) is 0 Å². The van der Waals surface area contributed by atoms with Gasteiger partial charge in [0.2, 0.25) is 0 Å². The number of nitrogens with zero attached hydrogens (tertiary/aromatic N) is 1. The quantitative estimate of drug-likeness (QED) is 0.475. The summed E-state index contributed by atoms with van der Waals surface area (Å²) in [6, 6.07) is 8.28. The number of carbonyl (C=O) groups is 2. The zero-order valence-electron chi connectivity index (χ0n) is 20.4. The van der Waals surface area contributed by atoms with Crippen LogP contribution in [0, 0.1) is 0 Å². The molecular weight excluding hydrogens is 494 g/mol. The molecule has 3 heterocycles. The molecule has 2 aromatic carbocycles. The Morgan fingerprint density at radius 3 is 2.78 bits per heavy atom. The smallest absolute Gasteiger partial charge is 0.307 e. The first-order chi connectivity index (χ1) is 17.6. The van der Waals surface area contributed by atoms with Crippen LogP contribution in [0.25, 0.3) is 10.8 Å². The van der Waals surface area contributed by atoms with Gasteiger partial charge in [-0.2, -0.15) is 8.42 Å². The van der Waals surface area contributed by atoms with Crippen molar-refractivity contribution in [3.05, 3.63) is 82.8 Å². The van der Waals surface area contributed by atoms with Crippen molar-refractivity contribution in [1.82, 2.24) is 0 Å². The molecule has 0 saturated carbocycles. The number of hydrogen-bond donors (Lipinski definition) is 1. The highest BCUT2D eigenvalue weighted by molar-refractivity contribution is 7.85. The number of carbonyl (C=O) groups excluding carboxylic acids is 2. The predicted octanol–water partition coefficient (Wildman–Crippen LogP) is 4.12. The van der Waals surface area contributed by atoms with Crippen molar-refractivity contribution in [2.24, 2.45) is 0 Å². The normalized spacial score (nSPS) is 24.0. The Labute approximate surface area is 214 Å². The van der Waals surface area contributed by atoms with Crippen LogP contribution in [-0.4, -0.2) is 44.0 Å². The van der Waals surface area contributed by atoms with E-state index < -0.39 is 15.5 Å². The zero-order valence-corrected chi connectivity index (χ0v) is 21.2. The van der Waals surface area contributed by atoms with Gasteiger partial charge in [0, 0.05) is 47.0 Å². The molecule has 190 valence electrons. The van der Waals surface area contributed by atoms with Crippen LogP contribution in [0.1, 0.15) is 32.3 Å². The molecule has 9 heteroatoms. The minimum atomic E-state index is -4.37. The van der Waals surface area contributed by atoms with Gasteiger partial charge in [0.05, 0.1) is 17.9 Å². The lowest BCUT2D eigenvalue weighted by Gasteiger charge is -2.41. The van der Waals surface area contributed by atoms with Crippen molar-refractivity contribution in [3.8, 4) is 0 Å². The summed E-state index contributed by atoms with van der Waals surface area (Å²) in [4.78, 5) is 26.9. The first-order valence-electron chi connectivity index (χ1n) is 12.1. The Hall–Kier alpha value is -3.69. The van der Waals surface area contributed by atoms with E-state index in [0.717, 1.165) is 33.5 Å². The van der Waals surface area contributed by atoms with Gasteiger partial charge in [-0.15, -0.1) is 0 Å². The molecule has 0 aromatic heterocycles. The number of ketones is 1. The molecule has 1 aliphatic carbocycles. The highest BCUT2D eigenvalue weighted by Crippen LogP contribution is 2.56. The highest BCUT2D eigenvalue weighted by atomic mass is 32.2. The molecule has 1 N–H and O–H groups in total. The number of anilines is 1. The first kappa shape index (κ1) is 23.7. The Morgan fingerprint density at radius 2 is 2.03 bits per heavy atom. The van der Waals surface area contributed by atoms with Gasteiger partial charge in [0.15, 0.2) is 5.78 Å². The molecule has 2 unspecified atom stereocenters. The number of rotatable bonds is 4. The average molecular weight is 520 g/mol. The molecule has 6 rings (SSSR count). The van der Waals surface area contributed by atoms with Crippen molar-refractivity contribution < 1.29 is 32.0 Å². The number of benzene rings is 2. The van der Waals surface area contributed by atoms with Crippen molar-refractivity contribution in [1.29, 1.82) is 0 Å². The van der Waals surface area contributed by atoms with Gasteiger partial charge < -0.3 is 14.4 Å². The fraction of sp³-hybridized carbons (Fsp3) is 0.286. The molecule has 0 fully saturated rings. The molecule has 0 spiro atoms. The van der Waals surface area contributed by atoms with E-state index >= 15 is 0 Å². The lowest BCUT2D eigenvalue weighted by atomic mass is 9.73. The van der Waals surface area contributed by atoms with Gasteiger partial charge >= 0.3 is 5.97 Å². The van der Waals surface area contributed by atoms with Crippen LogP contribution in [0.3, 0.4) is 0 Å². The van der Waals surface area contributed by atoms with E-state index in [4.69, 9.17) is 9.47 Å². The van der Waals surface area contributed by atoms with Gasteiger partial charge in [-0.1, -0.05) is 12.1 Å². The minimum Gasteiger partial charge on any atom is -0.485 e. The third-order valence-corrected chi connectivity index (χ3v) is 8.36. The number of hydrogen-bond acceptors (Lipinski definition) is 7. The van der Waals surface area contributed by atoms with Crippen molar-refractivity contribution in [3.63, 3.8) is 0 Å². The molecule has 0 radical (unpaired) electrons. The first-order valence-corrected chi connectivity index (χ1v) is 13.6. The summed E-state index contributed by atoms with van der Waals surface area (Å²) in [6.45, 7) is 4.68. The Kier molecular flexibility index (Phi) is 5.22. The van der Waals surface area contributed by atoms with Gasteiger partial charge in [0.25, 0.3) is 10.1 Å². The van der Waals surface area contributed by atoms with Crippen molar-refractivity contribution >= 4 is 38.3 Å². The summed E-state index contributed by atoms with van der Waals surface area (Å²) in [5.74, 6) is 0.102. The summed E-state index contributed by atoms with van der Waals surface area (Å²) >= 11 is 0. The van der Waals surface area contributed by atoms with Gasteiger partial charge in [0.1, 0.15) is 11.9 Å². The lowest BCUT2D eigenvalue weighted by Crippen LogP contribution is -2.41. The summed E-state index contributed by atoms with van der Waals surface area (Å²) in [6.07, 6.45) is 7.29. The molecule has 3 aliphatic heterocycles. The number of esters is 1.